The molecule has 1 aromatic heterocycles. The molecule has 31 heavy (non-hydrogen) atoms. The van der Waals surface area contributed by atoms with Gasteiger partial charge in [0.2, 0.25) is 5.88 Å². The zero-order valence-electron chi connectivity index (χ0n) is 17.9. The molecule has 4 rings (SSSR count). The molecule has 7 nitrogen and oxygen atoms in total. The molecule has 2 heterocycles. The Bertz CT molecular complexity index is 763. The molecule has 172 valence electrons. The van der Waals surface area contributed by atoms with Gasteiger partial charge < -0.3 is 24.4 Å². The first-order chi connectivity index (χ1) is 14.9. The quantitative estimate of drug-likeness (QED) is 0.477. The molecule has 0 aromatic carbocycles. The molecular weight excluding hydrogens is 408 g/mol. The summed E-state index contributed by atoms with van der Waals surface area (Å²) < 4.78 is 43.2. The molecule has 9 heteroatoms. The van der Waals surface area contributed by atoms with Gasteiger partial charge in [-0.3, -0.25) is 4.79 Å². The van der Waals surface area contributed by atoms with E-state index in [2.05, 4.69) is 10.3 Å². The first-order valence-corrected chi connectivity index (χ1v) is 11.1. The highest BCUT2D eigenvalue weighted by Gasteiger charge is 2.45. The topological polar surface area (TPSA) is 72.9 Å². The fraction of sp³-hybridized carbons (Fsp3) is 0.727. The van der Waals surface area contributed by atoms with Gasteiger partial charge in [0.15, 0.2) is 0 Å². The third-order valence-corrected chi connectivity index (χ3v) is 5.81. The Labute approximate surface area is 181 Å². The van der Waals surface area contributed by atoms with Crippen LogP contribution in [0.15, 0.2) is 12.1 Å². The summed E-state index contributed by atoms with van der Waals surface area (Å²) in [6.45, 7) is 1.17. The number of hydrogen-bond acceptors (Lipinski definition) is 6. The van der Waals surface area contributed by atoms with Crippen LogP contribution in [-0.4, -0.2) is 69.5 Å². The van der Waals surface area contributed by atoms with Crippen LogP contribution in [0.25, 0.3) is 0 Å². The van der Waals surface area contributed by atoms with Crippen LogP contribution in [0.4, 0.5) is 14.5 Å². The highest BCUT2D eigenvalue weighted by atomic mass is 19.3. The summed E-state index contributed by atoms with van der Waals surface area (Å²) in [5.41, 5.74) is 0.736. The number of aromatic nitrogens is 1. The van der Waals surface area contributed by atoms with Crippen molar-refractivity contribution in [2.75, 3.05) is 51.5 Å². The molecule has 1 aromatic rings. The third-order valence-electron chi connectivity index (χ3n) is 5.81. The van der Waals surface area contributed by atoms with Crippen molar-refractivity contribution in [1.29, 1.82) is 0 Å². The smallest absolute Gasteiger partial charge is 0.282 e. The summed E-state index contributed by atoms with van der Waals surface area (Å²) in [6, 6.07) is 3.12. The first kappa shape index (κ1) is 22.2. The molecule has 1 amide bonds. The number of anilines is 1. The van der Waals surface area contributed by atoms with Crippen LogP contribution in [0.1, 0.15) is 42.6 Å². The van der Waals surface area contributed by atoms with Gasteiger partial charge in [-0.15, -0.1) is 0 Å². The van der Waals surface area contributed by atoms with Crippen molar-refractivity contribution in [1.82, 2.24) is 10.3 Å². The van der Waals surface area contributed by atoms with Gasteiger partial charge in [0.05, 0.1) is 45.6 Å². The van der Waals surface area contributed by atoms with Crippen molar-refractivity contribution in [3.63, 3.8) is 0 Å². The van der Waals surface area contributed by atoms with Crippen LogP contribution < -0.4 is 15.0 Å². The predicted molar refractivity (Wildman–Crippen MR) is 111 cm³/mol. The fourth-order valence-electron chi connectivity index (χ4n) is 3.62. The minimum atomic E-state index is -2.69. The van der Waals surface area contributed by atoms with E-state index in [1.807, 2.05) is 0 Å². The number of amides is 1. The van der Waals surface area contributed by atoms with Crippen molar-refractivity contribution in [2.24, 2.45) is 11.8 Å². The fourth-order valence-corrected chi connectivity index (χ4v) is 3.62. The summed E-state index contributed by atoms with van der Waals surface area (Å²) in [5, 5.41) is 3.02. The number of rotatable bonds is 13. The number of carbonyl (C=O) groups is 1. The summed E-state index contributed by atoms with van der Waals surface area (Å²) >= 11 is 0. The summed E-state index contributed by atoms with van der Waals surface area (Å²) in [5.74, 6) is -1.64. The number of ether oxygens (including phenoxy) is 3. The molecule has 0 unspecified atom stereocenters. The van der Waals surface area contributed by atoms with E-state index in [9.17, 15) is 13.6 Å². The van der Waals surface area contributed by atoms with E-state index in [1.54, 1.807) is 19.2 Å². The number of halogens is 2. The van der Waals surface area contributed by atoms with Gasteiger partial charge >= 0.3 is 0 Å². The number of nitrogens with one attached hydrogen (secondary N) is 1. The second-order valence-electron chi connectivity index (χ2n) is 8.90. The second-order valence-corrected chi connectivity index (χ2v) is 8.90. The van der Waals surface area contributed by atoms with E-state index in [-0.39, 0.29) is 36.6 Å². The van der Waals surface area contributed by atoms with Crippen molar-refractivity contribution < 1.29 is 27.8 Å². The molecule has 2 saturated carbocycles. The van der Waals surface area contributed by atoms with Crippen LogP contribution in [0.5, 0.6) is 5.88 Å². The lowest BCUT2D eigenvalue weighted by atomic mass is 10.1. The van der Waals surface area contributed by atoms with Crippen LogP contribution in [0.3, 0.4) is 0 Å². The molecule has 1 N–H and O–H groups in total. The Hall–Kier alpha value is -2.00. The summed E-state index contributed by atoms with van der Waals surface area (Å²) in [7, 11) is 1.62. The Kier molecular flexibility index (Phi) is 6.91. The number of carbonyl (C=O) groups excluding carboxylic acids is 1. The predicted octanol–water partition coefficient (Wildman–Crippen LogP) is 2.89. The Balaban J connectivity index is 1.41. The molecular formula is C22H31F2N3O4. The van der Waals surface area contributed by atoms with Gasteiger partial charge in [0.25, 0.3) is 11.8 Å². The number of nitrogens with zero attached hydrogens (tertiary/aromatic N) is 2. The van der Waals surface area contributed by atoms with Gasteiger partial charge in [-0.05, 0) is 43.2 Å². The van der Waals surface area contributed by atoms with Crippen LogP contribution in [0, 0.1) is 11.8 Å². The number of hydrogen-bond donors (Lipinski definition) is 1. The molecule has 2 aliphatic carbocycles. The van der Waals surface area contributed by atoms with Gasteiger partial charge in [0, 0.05) is 7.11 Å². The third kappa shape index (κ3) is 6.49. The normalized spacial score (nSPS) is 20.8. The van der Waals surface area contributed by atoms with Crippen LogP contribution in [-0.2, 0) is 9.47 Å². The number of pyridine rings is 1. The minimum Gasteiger partial charge on any atom is -0.476 e. The van der Waals surface area contributed by atoms with Crippen LogP contribution in [0.2, 0.25) is 0 Å². The van der Waals surface area contributed by atoms with Crippen molar-refractivity contribution in [3.8, 4) is 5.88 Å². The van der Waals surface area contributed by atoms with Crippen molar-refractivity contribution in [3.05, 3.63) is 17.8 Å². The number of methoxy groups -OCH3 is 1. The summed E-state index contributed by atoms with van der Waals surface area (Å²) in [6.07, 6.45) is 5.42. The SMILES string of the molecule is COCCOC[C@H](CC1CC1)NC(=O)c1ccc(N2CC(F)(F)C2)c(OCC2CC2)n1. The van der Waals surface area contributed by atoms with E-state index < -0.39 is 5.92 Å². The maximum Gasteiger partial charge on any atom is 0.282 e. The lowest BCUT2D eigenvalue weighted by Crippen LogP contribution is -2.56. The molecule has 3 fully saturated rings. The standard InChI is InChI=1S/C22H31F2N3O4/c1-29-8-9-30-12-17(10-15-2-3-15)25-20(28)18-6-7-19(27-13-22(23,24)14-27)21(26-18)31-11-16-4-5-16/h6-7,15-17H,2-5,8-14H2,1H3,(H,25,28)/t17-/m0/s1. The molecule has 1 atom stereocenters. The Morgan fingerprint density at radius 2 is 1.97 bits per heavy atom. The van der Waals surface area contributed by atoms with Crippen LogP contribution >= 0.6 is 0 Å². The Morgan fingerprint density at radius 3 is 2.61 bits per heavy atom. The van der Waals surface area contributed by atoms with Gasteiger partial charge in [-0.1, -0.05) is 12.8 Å². The second kappa shape index (κ2) is 9.65. The van der Waals surface area contributed by atoms with Crippen molar-refractivity contribution in [2.45, 2.75) is 44.1 Å². The molecule has 0 radical (unpaired) electrons. The molecule has 0 bridgehead atoms. The number of alkyl halides is 2. The van der Waals surface area contributed by atoms with Gasteiger partial charge in [0.1, 0.15) is 11.4 Å². The minimum absolute atomic E-state index is 0.108. The lowest BCUT2D eigenvalue weighted by molar-refractivity contribution is -0.0265. The highest BCUT2D eigenvalue weighted by molar-refractivity contribution is 5.93. The molecule has 3 aliphatic rings. The zero-order chi connectivity index (χ0) is 21.8. The zero-order valence-corrected chi connectivity index (χ0v) is 17.9. The monoisotopic (exact) mass is 439 g/mol. The average Bonchev–Trinajstić information content (AvgIpc) is 3.63. The largest absolute Gasteiger partial charge is 0.476 e. The van der Waals surface area contributed by atoms with E-state index in [0.717, 1.165) is 19.3 Å². The summed E-state index contributed by atoms with van der Waals surface area (Å²) in [4.78, 5) is 18.8. The highest BCUT2D eigenvalue weighted by Crippen LogP contribution is 2.38. The first-order valence-electron chi connectivity index (χ1n) is 11.1. The van der Waals surface area contributed by atoms with E-state index in [0.29, 0.717) is 44.0 Å². The van der Waals surface area contributed by atoms with Gasteiger partial charge in [-0.25, -0.2) is 13.8 Å². The molecule has 1 aliphatic heterocycles. The lowest BCUT2D eigenvalue weighted by Gasteiger charge is -2.40. The molecule has 1 saturated heterocycles. The van der Waals surface area contributed by atoms with Crippen molar-refractivity contribution >= 4 is 11.6 Å². The maximum absolute atomic E-state index is 13.4. The van der Waals surface area contributed by atoms with E-state index >= 15 is 0 Å². The van der Waals surface area contributed by atoms with E-state index in [4.69, 9.17) is 14.2 Å². The Morgan fingerprint density at radius 1 is 1.23 bits per heavy atom. The van der Waals surface area contributed by atoms with E-state index in [1.165, 1.54) is 17.7 Å². The maximum atomic E-state index is 13.4. The average molecular weight is 440 g/mol. The molecule has 0 spiro atoms. The van der Waals surface area contributed by atoms with Gasteiger partial charge in [-0.2, -0.15) is 0 Å².